The fourth-order valence-corrected chi connectivity index (χ4v) is 4.48. The van der Waals surface area contributed by atoms with Gasteiger partial charge in [-0.1, -0.05) is 0 Å². The Bertz CT molecular complexity index is 1440. The molecule has 0 saturated carbocycles. The molecule has 0 spiro atoms. The molecule has 0 radical (unpaired) electrons. The summed E-state index contributed by atoms with van der Waals surface area (Å²) in [5.74, 6) is -0.306. The minimum Gasteiger partial charge on any atom is -0.488 e. The van der Waals surface area contributed by atoms with Crippen molar-refractivity contribution in [2.75, 3.05) is 26.1 Å². The van der Waals surface area contributed by atoms with E-state index in [1.54, 1.807) is 51.1 Å². The van der Waals surface area contributed by atoms with Crippen molar-refractivity contribution in [1.82, 2.24) is 15.3 Å². The molecule has 1 aromatic carbocycles. The maximum atomic E-state index is 13.1. The van der Waals surface area contributed by atoms with Crippen LogP contribution in [0.15, 0.2) is 53.7 Å². The Labute approximate surface area is 231 Å². The van der Waals surface area contributed by atoms with Crippen molar-refractivity contribution in [3.05, 3.63) is 54.4 Å². The van der Waals surface area contributed by atoms with Gasteiger partial charge in [-0.3, -0.25) is 4.79 Å². The summed E-state index contributed by atoms with van der Waals surface area (Å²) in [6.45, 7) is 4.56. The quantitative estimate of drug-likeness (QED) is 0.312. The van der Waals surface area contributed by atoms with Gasteiger partial charge in [0.15, 0.2) is 20.7 Å². The fourth-order valence-electron chi connectivity index (χ4n) is 3.93. The van der Waals surface area contributed by atoms with E-state index in [1.807, 2.05) is 0 Å². The Hall–Kier alpha value is -3.52. The molecule has 1 amide bonds. The number of nitrogens with zero attached hydrogens (tertiary/aromatic N) is 1. The van der Waals surface area contributed by atoms with Gasteiger partial charge in [0, 0.05) is 30.1 Å². The highest BCUT2D eigenvalue weighted by atomic mass is 32.2. The van der Waals surface area contributed by atoms with Gasteiger partial charge in [0.1, 0.15) is 41.8 Å². The molecule has 3 atom stereocenters. The second-order valence-corrected chi connectivity index (χ2v) is 11.9. The maximum absolute atomic E-state index is 13.1. The van der Waals surface area contributed by atoms with Crippen molar-refractivity contribution < 1.29 is 41.7 Å². The van der Waals surface area contributed by atoms with Gasteiger partial charge in [-0.25, -0.2) is 17.8 Å². The van der Waals surface area contributed by atoms with E-state index in [1.165, 1.54) is 18.3 Å². The molecule has 13 heteroatoms. The van der Waals surface area contributed by atoms with Gasteiger partial charge in [-0.15, -0.1) is 0 Å². The van der Waals surface area contributed by atoms with E-state index < -0.39 is 46.5 Å². The number of rotatable bonds is 11. The standard InChI is InChI=1S/C27H32FN3O8S/c1-16(12-28)37-19-9-17(10-20(11-19)38-18-5-8-25(29-13-18)40(4,34)35)21-6-7-22(31-21)26(33)30-14-23(32)24-15-36-27(2,3)39-24/h5-11,13,16,23-24,31-32H,12,14-15H2,1-4H3,(H,30,33)/t16-,23-,24-/m0/s1. The molecule has 11 nitrogen and oxygen atoms in total. The number of nitrogens with one attached hydrogen (secondary N) is 2. The summed E-state index contributed by atoms with van der Waals surface area (Å²) in [5.41, 5.74) is 1.38. The number of hydrogen-bond acceptors (Lipinski definition) is 9. The number of aliphatic hydroxyl groups is 1. The molecular weight excluding hydrogens is 545 g/mol. The Kier molecular flexibility index (Phi) is 8.78. The van der Waals surface area contributed by atoms with Crippen LogP contribution in [0.2, 0.25) is 0 Å². The number of sulfone groups is 1. The van der Waals surface area contributed by atoms with E-state index in [2.05, 4.69) is 15.3 Å². The maximum Gasteiger partial charge on any atom is 0.267 e. The Morgan fingerprint density at radius 3 is 2.60 bits per heavy atom. The number of halogens is 1. The van der Waals surface area contributed by atoms with Gasteiger partial charge in [-0.2, -0.15) is 0 Å². The normalized spacial score (nSPS) is 18.2. The van der Waals surface area contributed by atoms with E-state index in [-0.39, 0.29) is 29.6 Å². The van der Waals surface area contributed by atoms with Crippen molar-refractivity contribution in [3.63, 3.8) is 0 Å². The zero-order chi connectivity index (χ0) is 29.1. The second-order valence-electron chi connectivity index (χ2n) is 9.91. The number of benzene rings is 1. The average Bonchev–Trinajstić information content (AvgIpc) is 3.53. The predicted octanol–water partition coefficient (Wildman–Crippen LogP) is 3.25. The third kappa shape index (κ3) is 7.56. The van der Waals surface area contributed by atoms with Crippen LogP contribution in [0.3, 0.4) is 0 Å². The number of aromatic amines is 1. The molecule has 0 bridgehead atoms. The van der Waals surface area contributed by atoms with Crippen molar-refractivity contribution in [3.8, 4) is 28.5 Å². The van der Waals surface area contributed by atoms with E-state index >= 15 is 0 Å². The highest BCUT2D eigenvalue weighted by Crippen LogP contribution is 2.33. The molecule has 2 aromatic heterocycles. The van der Waals surface area contributed by atoms with Gasteiger partial charge < -0.3 is 34.4 Å². The molecular formula is C27H32FN3O8S. The SMILES string of the molecule is C[C@@H](CF)Oc1cc(Oc2ccc(S(C)(=O)=O)nc2)cc(-c2ccc(C(=O)NC[C@H](O)[C@@H]3COC(C)(C)O3)[nH]2)c1. The van der Waals surface area contributed by atoms with Crippen LogP contribution in [0.4, 0.5) is 4.39 Å². The first kappa shape index (κ1) is 29.5. The van der Waals surface area contributed by atoms with Crippen LogP contribution in [-0.2, 0) is 19.3 Å². The monoisotopic (exact) mass is 577 g/mol. The smallest absolute Gasteiger partial charge is 0.267 e. The van der Waals surface area contributed by atoms with E-state index in [4.69, 9.17) is 18.9 Å². The lowest BCUT2D eigenvalue weighted by Gasteiger charge is -2.20. The summed E-state index contributed by atoms with van der Waals surface area (Å²) in [5, 5.41) is 13.0. The minimum atomic E-state index is -3.47. The van der Waals surface area contributed by atoms with E-state index in [9.17, 15) is 22.7 Å². The number of aromatic nitrogens is 2. The minimum absolute atomic E-state index is 0.0358. The number of pyridine rings is 1. The molecule has 4 rings (SSSR count). The van der Waals surface area contributed by atoms with Crippen LogP contribution in [0.1, 0.15) is 31.3 Å². The summed E-state index contributed by atoms with van der Waals surface area (Å²) in [4.78, 5) is 19.7. The summed E-state index contributed by atoms with van der Waals surface area (Å²) >= 11 is 0. The summed E-state index contributed by atoms with van der Waals surface area (Å²) in [7, 11) is -3.47. The third-order valence-electron chi connectivity index (χ3n) is 5.93. The molecule has 216 valence electrons. The highest BCUT2D eigenvalue weighted by Gasteiger charge is 2.36. The van der Waals surface area contributed by atoms with Crippen LogP contribution < -0.4 is 14.8 Å². The number of hydrogen-bond donors (Lipinski definition) is 3. The van der Waals surface area contributed by atoms with Crippen LogP contribution in [0.25, 0.3) is 11.3 Å². The largest absolute Gasteiger partial charge is 0.488 e. The number of carbonyl (C=O) groups is 1. The molecule has 3 N–H and O–H groups in total. The molecule has 1 saturated heterocycles. The summed E-state index contributed by atoms with van der Waals surface area (Å²) in [6, 6.07) is 11.0. The lowest BCUT2D eigenvalue weighted by Crippen LogP contribution is -2.40. The Balaban J connectivity index is 1.50. The van der Waals surface area contributed by atoms with Gasteiger partial charge in [0.05, 0.1) is 18.9 Å². The molecule has 3 heterocycles. The van der Waals surface area contributed by atoms with Crippen LogP contribution in [-0.4, -0.2) is 79.6 Å². The highest BCUT2D eigenvalue weighted by molar-refractivity contribution is 7.90. The van der Waals surface area contributed by atoms with E-state index in [0.29, 0.717) is 22.8 Å². The first-order valence-corrected chi connectivity index (χ1v) is 14.4. The summed E-state index contributed by atoms with van der Waals surface area (Å²) in [6.07, 6.45) is 0.118. The fraction of sp³-hybridized carbons (Fsp3) is 0.407. The van der Waals surface area contributed by atoms with Crippen molar-refractivity contribution >= 4 is 15.7 Å². The van der Waals surface area contributed by atoms with E-state index in [0.717, 1.165) is 6.26 Å². The average molecular weight is 578 g/mol. The number of aliphatic hydroxyl groups excluding tert-OH is 1. The molecule has 0 aliphatic carbocycles. The first-order chi connectivity index (χ1) is 18.8. The predicted molar refractivity (Wildman–Crippen MR) is 143 cm³/mol. The van der Waals surface area contributed by atoms with Crippen LogP contribution >= 0.6 is 0 Å². The van der Waals surface area contributed by atoms with Gasteiger partial charge in [0.25, 0.3) is 5.91 Å². The molecule has 0 unspecified atom stereocenters. The zero-order valence-electron chi connectivity index (χ0n) is 22.5. The Morgan fingerprint density at radius 1 is 1.23 bits per heavy atom. The number of ether oxygens (including phenoxy) is 4. The molecule has 1 aliphatic rings. The van der Waals surface area contributed by atoms with Gasteiger partial charge in [-0.05, 0) is 57.2 Å². The zero-order valence-corrected chi connectivity index (χ0v) is 23.3. The van der Waals surface area contributed by atoms with Crippen molar-refractivity contribution in [2.24, 2.45) is 0 Å². The van der Waals surface area contributed by atoms with Crippen molar-refractivity contribution in [2.45, 2.75) is 49.9 Å². The number of alkyl halides is 1. The Morgan fingerprint density at radius 2 is 1.98 bits per heavy atom. The topological polar surface area (TPSA) is 149 Å². The second kappa shape index (κ2) is 11.9. The van der Waals surface area contributed by atoms with Gasteiger partial charge in [0.2, 0.25) is 0 Å². The lowest BCUT2D eigenvalue weighted by atomic mass is 10.1. The van der Waals surface area contributed by atoms with Gasteiger partial charge >= 0.3 is 0 Å². The molecule has 3 aromatic rings. The first-order valence-electron chi connectivity index (χ1n) is 12.5. The lowest BCUT2D eigenvalue weighted by molar-refractivity contribution is -0.150. The number of H-pyrrole nitrogens is 1. The van der Waals surface area contributed by atoms with Crippen LogP contribution in [0, 0.1) is 0 Å². The van der Waals surface area contributed by atoms with Crippen LogP contribution in [0.5, 0.6) is 17.2 Å². The van der Waals surface area contributed by atoms with Crippen molar-refractivity contribution in [1.29, 1.82) is 0 Å². The summed E-state index contributed by atoms with van der Waals surface area (Å²) < 4.78 is 59.1. The third-order valence-corrected chi connectivity index (χ3v) is 6.93. The molecule has 1 fully saturated rings. The molecule has 1 aliphatic heterocycles. The number of carbonyl (C=O) groups excluding carboxylic acids is 1. The number of amides is 1. The molecule has 40 heavy (non-hydrogen) atoms.